The van der Waals surface area contributed by atoms with Gasteiger partial charge in [-0.3, -0.25) is 4.99 Å². The zero-order chi connectivity index (χ0) is 23.4. The van der Waals surface area contributed by atoms with E-state index in [4.69, 9.17) is 4.99 Å². The van der Waals surface area contributed by atoms with E-state index < -0.39 is 11.7 Å². The molecular formula is C28H27F3N2. The Bertz CT molecular complexity index is 1250. The second-order valence-electron chi connectivity index (χ2n) is 8.33. The molecular weight excluding hydrogens is 421 g/mol. The maximum Gasteiger partial charge on any atom is 0.416 e. The molecule has 0 aliphatic rings. The zero-order valence-corrected chi connectivity index (χ0v) is 18.8. The third-order valence-corrected chi connectivity index (χ3v) is 6.03. The number of hydrogen-bond donors (Lipinski definition) is 1. The summed E-state index contributed by atoms with van der Waals surface area (Å²) in [5.74, 6) is 0. The van der Waals surface area contributed by atoms with Crippen LogP contribution in [0.5, 0.6) is 0 Å². The number of benzene rings is 3. The molecule has 4 rings (SSSR count). The number of fused-ring (bicyclic) bond motifs is 1. The first kappa shape index (κ1) is 22.8. The molecule has 2 nitrogen and oxygen atoms in total. The summed E-state index contributed by atoms with van der Waals surface area (Å²) in [7, 11) is 0. The van der Waals surface area contributed by atoms with Gasteiger partial charge >= 0.3 is 6.18 Å². The van der Waals surface area contributed by atoms with Gasteiger partial charge in [0.1, 0.15) is 0 Å². The molecule has 5 heteroatoms. The van der Waals surface area contributed by atoms with E-state index in [0.29, 0.717) is 13.0 Å². The SMILES string of the molecule is CCc1ccc2[nH]cc(CCN=C(C)c3ccc(Cc4ccc(C(F)(F)F)cc4)cc3)c2c1. The summed E-state index contributed by atoms with van der Waals surface area (Å²) in [6.07, 6.45) is 0.257. The average molecular weight is 449 g/mol. The monoisotopic (exact) mass is 448 g/mol. The van der Waals surface area contributed by atoms with Crippen molar-refractivity contribution in [3.05, 3.63) is 106 Å². The second-order valence-corrected chi connectivity index (χ2v) is 8.33. The number of nitrogens with one attached hydrogen (secondary N) is 1. The predicted molar refractivity (Wildman–Crippen MR) is 129 cm³/mol. The van der Waals surface area contributed by atoms with Crippen molar-refractivity contribution < 1.29 is 13.2 Å². The topological polar surface area (TPSA) is 28.1 Å². The van der Waals surface area contributed by atoms with E-state index in [9.17, 15) is 13.2 Å². The van der Waals surface area contributed by atoms with Gasteiger partial charge in [0.2, 0.25) is 0 Å². The largest absolute Gasteiger partial charge is 0.416 e. The molecule has 0 fully saturated rings. The Morgan fingerprint density at radius 1 is 0.879 bits per heavy atom. The summed E-state index contributed by atoms with van der Waals surface area (Å²) in [5.41, 5.74) is 7.09. The summed E-state index contributed by atoms with van der Waals surface area (Å²) >= 11 is 0. The summed E-state index contributed by atoms with van der Waals surface area (Å²) in [5, 5.41) is 1.27. The van der Waals surface area contributed by atoms with Gasteiger partial charge in [-0.15, -0.1) is 0 Å². The highest BCUT2D eigenvalue weighted by Crippen LogP contribution is 2.29. The van der Waals surface area contributed by atoms with Crippen LogP contribution in [0.1, 0.15) is 47.2 Å². The van der Waals surface area contributed by atoms with Gasteiger partial charge in [-0.2, -0.15) is 13.2 Å². The fraction of sp³-hybridized carbons (Fsp3) is 0.250. The molecule has 0 saturated heterocycles. The van der Waals surface area contributed by atoms with Crippen LogP contribution in [0.25, 0.3) is 10.9 Å². The van der Waals surface area contributed by atoms with Crippen LogP contribution in [0, 0.1) is 0 Å². The van der Waals surface area contributed by atoms with Crippen molar-refractivity contribution in [3.8, 4) is 0 Å². The van der Waals surface area contributed by atoms with Gasteiger partial charge < -0.3 is 4.98 Å². The molecule has 0 amide bonds. The van der Waals surface area contributed by atoms with E-state index in [1.165, 1.54) is 28.6 Å². The summed E-state index contributed by atoms with van der Waals surface area (Å²) in [6.45, 7) is 4.88. The van der Waals surface area contributed by atoms with Crippen molar-refractivity contribution in [2.75, 3.05) is 6.54 Å². The quantitative estimate of drug-likeness (QED) is 0.286. The minimum absolute atomic E-state index is 0.592. The average Bonchev–Trinajstić information content (AvgIpc) is 3.21. The summed E-state index contributed by atoms with van der Waals surface area (Å²) in [6, 6.07) is 20.0. The van der Waals surface area contributed by atoms with Gasteiger partial charge in [0.05, 0.1) is 5.56 Å². The number of rotatable bonds is 7. The molecule has 0 bridgehead atoms. The normalized spacial score (nSPS) is 12.5. The van der Waals surface area contributed by atoms with Crippen LogP contribution < -0.4 is 0 Å². The van der Waals surface area contributed by atoms with Gasteiger partial charge in [0.15, 0.2) is 0 Å². The van der Waals surface area contributed by atoms with Crippen molar-refractivity contribution in [1.82, 2.24) is 4.98 Å². The third kappa shape index (κ3) is 5.54. The number of aryl methyl sites for hydroxylation is 1. The zero-order valence-electron chi connectivity index (χ0n) is 18.8. The molecule has 1 N–H and O–H groups in total. The van der Waals surface area contributed by atoms with Crippen LogP contribution in [-0.4, -0.2) is 17.2 Å². The lowest BCUT2D eigenvalue weighted by atomic mass is 10.0. The number of H-pyrrole nitrogens is 1. The van der Waals surface area contributed by atoms with Gasteiger partial charge in [0.25, 0.3) is 0 Å². The molecule has 0 spiro atoms. The standard InChI is InChI=1S/C28H27F3N2/c1-3-20-8-13-27-26(17-20)24(18-33-27)14-15-32-19(2)23-9-4-21(5-10-23)16-22-6-11-25(12-7-22)28(29,30)31/h4-13,17-18,33H,3,14-16H2,1-2H3. The molecule has 0 aliphatic carbocycles. The van der Waals surface area contributed by atoms with Crippen molar-refractivity contribution in [2.45, 2.75) is 39.3 Å². The minimum Gasteiger partial charge on any atom is -0.361 e. The van der Waals surface area contributed by atoms with Crippen molar-refractivity contribution >= 4 is 16.6 Å². The highest BCUT2D eigenvalue weighted by atomic mass is 19.4. The fourth-order valence-corrected chi connectivity index (χ4v) is 4.00. The number of aromatic amines is 1. The second kappa shape index (κ2) is 9.65. The summed E-state index contributed by atoms with van der Waals surface area (Å²) < 4.78 is 38.2. The predicted octanol–water partition coefficient (Wildman–Crippen LogP) is 7.39. The molecule has 4 aromatic rings. The first-order valence-corrected chi connectivity index (χ1v) is 11.2. The summed E-state index contributed by atoms with van der Waals surface area (Å²) in [4.78, 5) is 8.10. The molecule has 1 aromatic heterocycles. The van der Waals surface area contributed by atoms with E-state index in [0.717, 1.165) is 52.9 Å². The lowest BCUT2D eigenvalue weighted by Gasteiger charge is -2.08. The number of halogens is 3. The molecule has 0 aliphatic heterocycles. The first-order chi connectivity index (χ1) is 15.8. The van der Waals surface area contributed by atoms with E-state index in [-0.39, 0.29) is 0 Å². The van der Waals surface area contributed by atoms with E-state index in [1.54, 1.807) is 0 Å². The van der Waals surface area contributed by atoms with Crippen LogP contribution in [0.15, 0.2) is 77.9 Å². The fourth-order valence-electron chi connectivity index (χ4n) is 4.00. The number of hydrogen-bond acceptors (Lipinski definition) is 1. The van der Waals surface area contributed by atoms with Gasteiger partial charge in [-0.1, -0.05) is 49.4 Å². The van der Waals surface area contributed by atoms with E-state index in [2.05, 4.69) is 36.3 Å². The van der Waals surface area contributed by atoms with Crippen molar-refractivity contribution in [2.24, 2.45) is 4.99 Å². The Labute approximate surface area is 192 Å². The van der Waals surface area contributed by atoms with Gasteiger partial charge in [-0.25, -0.2) is 0 Å². The lowest BCUT2D eigenvalue weighted by Crippen LogP contribution is -2.04. The molecule has 0 saturated carbocycles. The maximum atomic E-state index is 12.7. The Morgan fingerprint density at radius 3 is 2.15 bits per heavy atom. The van der Waals surface area contributed by atoms with Crippen molar-refractivity contribution in [1.29, 1.82) is 0 Å². The number of nitrogens with zero attached hydrogens (tertiary/aromatic N) is 1. The Morgan fingerprint density at radius 2 is 1.52 bits per heavy atom. The van der Waals surface area contributed by atoms with Crippen LogP contribution >= 0.6 is 0 Å². The highest BCUT2D eigenvalue weighted by Gasteiger charge is 2.29. The van der Waals surface area contributed by atoms with E-state index >= 15 is 0 Å². The first-order valence-electron chi connectivity index (χ1n) is 11.2. The molecule has 0 radical (unpaired) electrons. The molecule has 0 atom stereocenters. The smallest absolute Gasteiger partial charge is 0.361 e. The van der Waals surface area contributed by atoms with Crippen LogP contribution in [0.4, 0.5) is 13.2 Å². The van der Waals surface area contributed by atoms with Gasteiger partial charge in [0, 0.05) is 29.4 Å². The van der Waals surface area contributed by atoms with Crippen LogP contribution in [0.3, 0.4) is 0 Å². The number of aromatic nitrogens is 1. The Balaban J connectivity index is 1.37. The van der Waals surface area contributed by atoms with Gasteiger partial charge in [-0.05, 0) is 78.3 Å². The Kier molecular flexibility index (Phi) is 6.68. The molecule has 0 unspecified atom stereocenters. The highest BCUT2D eigenvalue weighted by molar-refractivity contribution is 5.98. The van der Waals surface area contributed by atoms with Crippen LogP contribution in [-0.2, 0) is 25.4 Å². The lowest BCUT2D eigenvalue weighted by molar-refractivity contribution is -0.137. The molecule has 3 aromatic carbocycles. The number of aliphatic imine (C=N–C) groups is 1. The Hall–Kier alpha value is -3.34. The van der Waals surface area contributed by atoms with E-state index in [1.807, 2.05) is 31.2 Å². The molecule has 170 valence electrons. The number of alkyl halides is 3. The molecule has 33 heavy (non-hydrogen) atoms. The maximum absolute atomic E-state index is 12.7. The van der Waals surface area contributed by atoms with Crippen molar-refractivity contribution in [3.63, 3.8) is 0 Å². The minimum atomic E-state index is -4.30. The van der Waals surface area contributed by atoms with Crippen LogP contribution in [0.2, 0.25) is 0 Å². The third-order valence-electron chi connectivity index (χ3n) is 6.03. The molecule has 1 heterocycles.